The second kappa shape index (κ2) is 8.05. The Morgan fingerprint density at radius 1 is 1.27 bits per heavy atom. The van der Waals surface area contributed by atoms with Crippen molar-refractivity contribution in [3.63, 3.8) is 0 Å². The van der Waals surface area contributed by atoms with E-state index in [0.29, 0.717) is 23.9 Å². The normalized spacial score (nSPS) is 31.9. The number of aromatic nitrogens is 3. The first-order valence-electron chi connectivity index (χ1n) is 10.3. The third kappa shape index (κ3) is 3.93. The van der Waals surface area contributed by atoms with Crippen molar-refractivity contribution in [3.05, 3.63) is 11.9 Å². The van der Waals surface area contributed by atoms with Crippen molar-refractivity contribution in [1.29, 1.82) is 0 Å². The van der Waals surface area contributed by atoms with Crippen molar-refractivity contribution in [2.24, 2.45) is 11.8 Å². The topological polar surface area (TPSA) is 75.1 Å². The fourth-order valence-electron chi connectivity index (χ4n) is 5.09. The Labute approximate surface area is 155 Å². The molecule has 4 fully saturated rings. The van der Waals surface area contributed by atoms with Crippen LogP contribution in [0.15, 0.2) is 6.20 Å². The van der Waals surface area contributed by atoms with Crippen LogP contribution in [0.2, 0.25) is 0 Å². The van der Waals surface area contributed by atoms with E-state index in [0.717, 1.165) is 57.6 Å². The van der Waals surface area contributed by atoms with E-state index in [1.807, 2.05) is 17.9 Å². The Kier molecular flexibility index (Phi) is 5.55. The highest BCUT2D eigenvalue weighted by molar-refractivity contribution is 5.79. The van der Waals surface area contributed by atoms with Crippen LogP contribution in [0.4, 0.5) is 0 Å². The quantitative estimate of drug-likeness (QED) is 0.796. The van der Waals surface area contributed by atoms with Gasteiger partial charge in [-0.2, -0.15) is 0 Å². The Hall–Kier alpha value is -1.47. The predicted molar refractivity (Wildman–Crippen MR) is 99.4 cm³/mol. The number of carbonyl (C=O) groups is 1. The van der Waals surface area contributed by atoms with Crippen LogP contribution in [0.25, 0.3) is 0 Å². The van der Waals surface area contributed by atoms with E-state index in [4.69, 9.17) is 0 Å². The molecular formula is C19H32N6O. The first-order chi connectivity index (χ1) is 12.7. The maximum absolute atomic E-state index is 12.8. The molecule has 4 atom stereocenters. The average molecular weight is 361 g/mol. The maximum atomic E-state index is 12.8. The smallest absolute Gasteiger partial charge is 0.224 e. The largest absolute Gasteiger partial charge is 0.353 e. The van der Waals surface area contributed by atoms with Crippen LogP contribution in [-0.2, 0) is 17.9 Å². The van der Waals surface area contributed by atoms with Crippen LogP contribution >= 0.6 is 0 Å². The molecule has 2 bridgehead atoms. The highest BCUT2D eigenvalue weighted by Crippen LogP contribution is 2.37. The van der Waals surface area contributed by atoms with Crippen molar-refractivity contribution in [3.8, 4) is 0 Å². The van der Waals surface area contributed by atoms with E-state index in [1.165, 1.54) is 19.3 Å². The van der Waals surface area contributed by atoms with Gasteiger partial charge in [-0.3, -0.25) is 14.4 Å². The van der Waals surface area contributed by atoms with Gasteiger partial charge in [-0.1, -0.05) is 24.5 Å². The van der Waals surface area contributed by atoms with Crippen LogP contribution in [0.5, 0.6) is 0 Å². The molecule has 0 aromatic carbocycles. The van der Waals surface area contributed by atoms with E-state index in [2.05, 4.69) is 25.8 Å². The number of piperidine rings is 3. The number of hydrogen-bond acceptors (Lipinski definition) is 5. The van der Waals surface area contributed by atoms with Gasteiger partial charge in [0.05, 0.1) is 18.2 Å². The molecule has 4 aliphatic rings. The number of nitrogens with zero attached hydrogens (tertiary/aromatic N) is 4. The minimum atomic E-state index is 0.178. The zero-order valence-corrected chi connectivity index (χ0v) is 15.9. The standard InChI is InChI=1S/C19H32N6O/c1-20-10-16-11-25(23-22-16)12-17-9-14-7-8-24(17)13-18(14)19(26)21-15-5-3-2-4-6-15/h11,14-15,17-18,20H,2-10,12-13H2,1H3,(H,21,26)/t14-,17-,18+/m1/s1. The van der Waals surface area contributed by atoms with Gasteiger partial charge in [0.1, 0.15) is 0 Å². The van der Waals surface area contributed by atoms with Crippen LogP contribution in [0.1, 0.15) is 50.6 Å². The molecule has 1 aromatic rings. The summed E-state index contributed by atoms with van der Waals surface area (Å²) < 4.78 is 1.97. The van der Waals surface area contributed by atoms with Gasteiger partial charge in [-0.15, -0.1) is 5.10 Å². The van der Waals surface area contributed by atoms with E-state index >= 15 is 0 Å². The summed E-state index contributed by atoms with van der Waals surface area (Å²) in [5, 5.41) is 14.9. The summed E-state index contributed by atoms with van der Waals surface area (Å²) in [5.41, 5.74) is 0.980. The highest BCUT2D eigenvalue weighted by atomic mass is 16.2. The van der Waals surface area contributed by atoms with Crippen molar-refractivity contribution in [2.45, 2.75) is 70.1 Å². The number of carbonyl (C=O) groups excluding carboxylic acids is 1. The van der Waals surface area contributed by atoms with E-state index < -0.39 is 0 Å². The number of rotatable bonds is 6. The minimum Gasteiger partial charge on any atom is -0.353 e. The number of nitrogens with one attached hydrogen (secondary N) is 2. The lowest BCUT2D eigenvalue weighted by atomic mass is 9.75. The second-order valence-electron chi connectivity index (χ2n) is 8.35. The van der Waals surface area contributed by atoms with E-state index in [9.17, 15) is 4.79 Å². The lowest BCUT2D eigenvalue weighted by molar-refractivity contribution is -0.134. The monoisotopic (exact) mass is 360 g/mol. The molecule has 1 aromatic heterocycles. The molecule has 3 aliphatic heterocycles. The molecule has 1 unspecified atom stereocenters. The van der Waals surface area contributed by atoms with Gasteiger partial charge in [-0.25, -0.2) is 0 Å². The zero-order valence-electron chi connectivity index (χ0n) is 15.9. The summed E-state index contributed by atoms with van der Waals surface area (Å²) >= 11 is 0. The van der Waals surface area contributed by atoms with Gasteiger partial charge in [0.2, 0.25) is 5.91 Å². The Bertz CT molecular complexity index is 611. The summed E-state index contributed by atoms with van der Waals surface area (Å²) in [6, 6.07) is 0.903. The molecule has 1 saturated carbocycles. The van der Waals surface area contributed by atoms with Gasteiger partial charge >= 0.3 is 0 Å². The van der Waals surface area contributed by atoms with Gasteiger partial charge in [-0.05, 0) is 45.2 Å². The van der Waals surface area contributed by atoms with Gasteiger partial charge in [0.25, 0.3) is 0 Å². The molecule has 0 radical (unpaired) electrons. The molecule has 7 heteroatoms. The fourth-order valence-corrected chi connectivity index (χ4v) is 5.09. The molecule has 2 N–H and O–H groups in total. The molecule has 4 heterocycles. The number of fused-ring (bicyclic) bond motifs is 3. The van der Waals surface area contributed by atoms with Crippen molar-refractivity contribution in [2.75, 3.05) is 20.1 Å². The van der Waals surface area contributed by atoms with E-state index in [-0.39, 0.29) is 5.92 Å². The first-order valence-corrected chi connectivity index (χ1v) is 10.3. The highest BCUT2D eigenvalue weighted by Gasteiger charge is 2.43. The molecule has 144 valence electrons. The summed E-state index contributed by atoms with van der Waals surface area (Å²) in [4.78, 5) is 15.3. The predicted octanol–water partition coefficient (Wildman–Crippen LogP) is 1.16. The van der Waals surface area contributed by atoms with Crippen LogP contribution in [0.3, 0.4) is 0 Å². The minimum absolute atomic E-state index is 0.178. The third-order valence-electron chi connectivity index (χ3n) is 6.51. The Morgan fingerprint density at radius 3 is 2.85 bits per heavy atom. The Balaban J connectivity index is 1.32. The molecular weight excluding hydrogens is 328 g/mol. The molecule has 0 spiro atoms. The van der Waals surface area contributed by atoms with Gasteiger partial charge in [0.15, 0.2) is 0 Å². The lowest BCUT2D eigenvalue weighted by Gasteiger charge is -2.49. The number of amides is 1. The van der Waals surface area contributed by atoms with Crippen LogP contribution in [0, 0.1) is 11.8 Å². The molecule has 7 nitrogen and oxygen atoms in total. The maximum Gasteiger partial charge on any atom is 0.224 e. The SMILES string of the molecule is CNCc1cn(C[C@H]2C[C@H]3CCN2C[C@@H]3C(=O)NC2CCCCC2)nn1. The van der Waals surface area contributed by atoms with Crippen molar-refractivity contribution >= 4 is 5.91 Å². The summed E-state index contributed by atoms with van der Waals surface area (Å²) in [6.45, 7) is 3.65. The summed E-state index contributed by atoms with van der Waals surface area (Å²) in [6.07, 6.45) is 10.5. The molecule has 26 heavy (non-hydrogen) atoms. The summed E-state index contributed by atoms with van der Waals surface area (Å²) in [7, 11) is 1.92. The first kappa shape index (κ1) is 17.9. The number of hydrogen-bond donors (Lipinski definition) is 2. The molecule has 1 amide bonds. The lowest BCUT2D eigenvalue weighted by Crippen LogP contribution is -2.58. The van der Waals surface area contributed by atoms with Crippen LogP contribution in [-0.4, -0.2) is 58.0 Å². The van der Waals surface area contributed by atoms with Gasteiger partial charge < -0.3 is 10.6 Å². The third-order valence-corrected chi connectivity index (χ3v) is 6.51. The second-order valence-corrected chi connectivity index (χ2v) is 8.35. The zero-order chi connectivity index (χ0) is 17.9. The van der Waals surface area contributed by atoms with E-state index in [1.54, 1.807) is 0 Å². The van der Waals surface area contributed by atoms with Gasteiger partial charge in [0, 0.05) is 31.4 Å². The molecule has 5 rings (SSSR count). The summed E-state index contributed by atoms with van der Waals surface area (Å²) in [5.74, 6) is 1.01. The molecule has 3 saturated heterocycles. The average Bonchev–Trinajstić information content (AvgIpc) is 3.10. The van der Waals surface area contributed by atoms with Crippen molar-refractivity contribution < 1.29 is 4.79 Å². The Morgan fingerprint density at radius 2 is 2.12 bits per heavy atom. The van der Waals surface area contributed by atoms with Crippen molar-refractivity contribution in [1.82, 2.24) is 30.5 Å². The van der Waals surface area contributed by atoms with Crippen LogP contribution < -0.4 is 10.6 Å². The fraction of sp³-hybridized carbons (Fsp3) is 0.842. The molecule has 1 aliphatic carbocycles.